The number of hydrogen-bond donors (Lipinski definition) is 1. The van der Waals surface area contributed by atoms with Crippen molar-refractivity contribution in [1.29, 1.82) is 0 Å². The summed E-state index contributed by atoms with van der Waals surface area (Å²) in [4.78, 5) is 0. The number of nitrogens with one attached hydrogen (secondary N) is 1. The molecule has 0 fully saturated rings. The Bertz CT molecular complexity index is 457. The summed E-state index contributed by atoms with van der Waals surface area (Å²) in [6.45, 7) is 1.66. The third-order valence-electron chi connectivity index (χ3n) is 2.72. The SMILES string of the molecule is CCS(=O)(=O)CC(NC)c1ccccc1OC. The van der Waals surface area contributed by atoms with Gasteiger partial charge in [0, 0.05) is 17.4 Å². The Hall–Kier alpha value is -1.07. The third kappa shape index (κ3) is 3.71. The lowest BCUT2D eigenvalue weighted by molar-refractivity contribution is 0.404. The summed E-state index contributed by atoms with van der Waals surface area (Å²) >= 11 is 0. The van der Waals surface area contributed by atoms with Crippen LogP contribution in [0.1, 0.15) is 18.5 Å². The van der Waals surface area contributed by atoms with Crippen molar-refractivity contribution in [1.82, 2.24) is 5.32 Å². The van der Waals surface area contributed by atoms with E-state index in [4.69, 9.17) is 4.74 Å². The van der Waals surface area contributed by atoms with Gasteiger partial charge in [-0.05, 0) is 13.1 Å². The molecule has 0 saturated heterocycles. The fourth-order valence-corrected chi connectivity index (χ4v) is 2.74. The molecular formula is C12H19NO3S. The normalized spacial score (nSPS) is 13.4. The average Bonchev–Trinajstić information content (AvgIpc) is 2.36. The van der Waals surface area contributed by atoms with Crippen LogP contribution in [0, 0.1) is 0 Å². The number of sulfone groups is 1. The Labute approximate surface area is 103 Å². The van der Waals surface area contributed by atoms with Gasteiger partial charge in [-0.15, -0.1) is 0 Å². The highest BCUT2D eigenvalue weighted by Gasteiger charge is 2.20. The maximum atomic E-state index is 11.7. The van der Waals surface area contributed by atoms with E-state index in [1.807, 2.05) is 24.3 Å². The van der Waals surface area contributed by atoms with Crippen molar-refractivity contribution in [2.45, 2.75) is 13.0 Å². The van der Waals surface area contributed by atoms with Gasteiger partial charge in [0.25, 0.3) is 0 Å². The highest BCUT2D eigenvalue weighted by atomic mass is 32.2. The lowest BCUT2D eigenvalue weighted by Gasteiger charge is -2.18. The van der Waals surface area contributed by atoms with Crippen LogP contribution in [0.15, 0.2) is 24.3 Å². The van der Waals surface area contributed by atoms with Gasteiger partial charge in [0.1, 0.15) is 5.75 Å². The Balaban J connectivity index is 3.02. The largest absolute Gasteiger partial charge is 0.496 e. The maximum Gasteiger partial charge on any atom is 0.151 e. The van der Waals surface area contributed by atoms with E-state index in [2.05, 4.69) is 5.32 Å². The van der Waals surface area contributed by atoms with Crippen molar-refractivity contribution in [3.63, 3.8) is 0 Å². The van der Waals surface area contributed by atoms with E-state index in [0.29, 0.717) is 5.75 Å². The molecule has 0 aliphatic rings. The standard InChI is InChI=1S/C12H19NO3S/c1-4-17(14,15)9-11(13-2)10-7-5-6-8-12(10)16-3/h5-8,11,13H,4,9H2,1-3H3. The lowest BCUT2D eigenvalue weighted by Crippen LogP contribution is -2.26. The minimum atomic E-state index is -3.02. The molecule has 1 N–H and O–H groups in total. The molecule has 17 heavy (non-hydrogen) atoms. The third-order valence-corrected chi connectivity index (χ3v) is 4.44. The van der Waals surface area contributed by atoms with Crippen molar-refractivity contribution < 1.29 is 13.2 Å². The molecule has 0 saturated carbocycles. The fourth-order valence-electron chi connectivity index (χ4n) is 1.65. The molecule has 0 radical (unpaired) electrons. The number of ether oxygens (including phenoxy) is 1. The molecule has 0 bridgehead atoms. The van der Waals surface area contributed by atoms with Crippen molar-refractivity contribution in [2.75, 3.05) is 25.7 Å². The van der Waals surface area contributed by atoms with Gasteiger partial charge in [0.2, 0.25) is 0 Å². The van der Waals surface area contributed by atoms with Gasteiger partial charge in [-0.1, -0.05) is 25.1 Å². The predicted octanol–water partition coefficient (Wildman–Crippen LogP) is 1.39. The summed E-state index contributed by atoms with van der Waals surface area (Å²) in [6.07, 6.45) is 0. The van der Waals surface area contributed by atoms with Gasteiger partial charge in [0.05, 0.1) is 12.9 Å². The zero-order chi connectivity index (χ0) is 12.9. The molecule has 5 heteroatoms. The van der Waals surface area contributed by atoms with E-state index in [-0.39, 0.29) is 17.5 Å². The quantitative estimate of drug-likeness (QED) is 0.836. The number of para-hydroxylation sites is 1. The summed E-state index contributed by atoms with van der Waals surface area (Å²) in [5, 5.41) is 3.02. The molecule has 0 amide bonds. The van der Waals surface area contributed by atoms with E-state index < -0.39 is 9.84 Å². The molecule has 0 spiro atoms. The van der Waals surface area contributed by atoms with Crippen molar-refractivity contribution >= 4 is 9.84 Å². The van der Waals surface area contributed by atoms with Gasteiger partial charge < -0.3 is 10.1 Å². The van der Waals surface area contributed by atoms with Crippen LogP contribution in [0.2, 0.25) is 0 Å². The van der Waals surface area contributed by atoms with E-state index in [0.717, 1.165) is 5.56 Å². The van der Waals surface area contributed by atoms with E-state index in [9.17, 15) is 8.42 Å². The molecule has 1 rings (SSSR count). The second-order valence-corrected chi connectivity index (χ2v) is 6.18. The second-order valence-electron chi connectivity index (χ2n) is 3.78. The average molecular weight is 257 g/mol. The van der Waals surface area contributed by atoms with Gasteiger partial charge >= 0.3 is 0 Å². The lowest BCUT2D eigenvalue weighted by atomic mass is 10.1. The first-order valence-corrected chi connectivity index (χ1v) is 7.36. The highest BCUT2D eigenvalue weighted by Crippen LogP contribution is 2.25. The molecule has 1 aromatic carbocycles. The monoisotopic (exact) mass is 257 g/mol. The molecule has 0 aliphatic carbocycles. The molecule has 0 aromatic heterocycles. The van der Waals surface area contributed by atoms with Crippen LogP contribution in [0.25, 0.3) is 0 Å². The van der Waals surface area contributed by atoms with Crippen LogP contribution in [-0.4, -0.2) is 34.1 Å². The molecule has 4 nitrogen and oxygen atoms in total. The van der Waals surface area contributed by atoms with Crippen LogP contribution in [0.3, 0.4) is 0 Å². The van der Waals surface area contributed by atoms with Gasteiger partial charge in [-0.3, -0.25) is 0 Å². The Morgan fingerprint density at radius 3 is 2.53 bits per heavy atom. The molecule has 1 unspecified atom stereocenters. The first-order chi connectivity index (χ1) is 8.04. The maximum absolute atomic E-state index is 11.7. The van der Waals surface area contributed by atoms with Crippen molar-refractivity contribution in [3.8, 4) is 5.75 Å². The van der Waals surface area contributed by atoms with Crippen molar-refractivity contribution in [3.05, 3.63) is 29.8 Å². The van der Waals surface area contributed by atoms with Crippen LogP contribution in [-0.2, 0) is 9.84 Å². The molecule has 96 valence electrons. The molecule has 0 aliphatic heterocycles. The fraction of sp³-hybridized carbons (Fsp3) is 0.500. The topological polar surface area (TPSA) is 55.4 Å². The zero-order valence-electron chi connectivity index (χ0n) is 10.4. The molecule has 1 atom stereocenters. The van der Waals surface area contributed by atoms with Crippen molar-refractivity contribution in [2.24, 2.45) is 0 Å². The molecular weight excluding hydrogens is 238 g/mol. The minimum Gasteiger partial charge on any atom is -0.496 e. The summed E-state index contributed by atoms with van der Waals surface area (Å²) < 4.78 is 28.6. The Kier molecular flexibility index (Phi) is 4.96. The zero-order valence-corrected chi connectivity index (χ0v) is 11.3. The van der Waals surface area contributed by atoms with E-state index in [1.165, 1.54) is 0 Å². The number of methoxy groups -OCH3 is 1. The Morgan fingerprint density at radius 1 is 1.35 bits per heavy atom. The van der Waals surface area contributed by atoms with Crippen LogP contribution >= 0.6 is 0 Å². The van der Waals surface area contributed by atoms with Crippen LogP contribution in [0.4, 0.5) is 0 Å². The number of hydrogen-bond acceptors (Lipinski definition) is 4. The second kappa shape index (κ2) is 6.02. The number of rotatable bonds is 6. The smallest absolute Gasteiger partial charge is 0.151 e. The summed E-state index contributed by atoms with van der Waals surface area (Å²) in [6, 6.07) is 7.21. The first-order valence-electron chi connectivity index (χ1n) is 5.54. The minimum absolute atomic E-state index is 0.0837. The van der Waals surface area contributed by atoms with Crippen LogP contribution < -0.4 is 10.1 Å². The predicted molar refractivity (Wildman–Crippen MR) is 69.1 cm³/mol. The van der Waals surface area contributed by atoms with Gasteiger partial charge in [-0.25, -0.2) is 8.42 Å². The molecule has 0 heterocycles. The van der Waals surface area contributed by atoms with E-state index in [1.54, 1.807) is 21.1 Å². The van der Waals surface area contributed by atoms with Gasteiger partial charge in [-0.2, -0.15) is 0 Å². The summed E-state index contributed by atoms with van der Waals surface area (Å²) in [7, 11) is 0.313. The van der Waals surface area contributed by atoms with Crippen LogP contribution in [0.5, 0.6) is 5.75 Å². The number of benzene rings is 1. The summed E-state index contributed by atoms with van der Waals surface area (Å²) in [5.74, 6) is 0.943. The molecule has 1 aromatic rings. The van der Waals surface area contributed by atoms with Gasteiger partial charge in [0.15, 0.2) is 9.84 Å². The first kappa shape index (κ1) is 14.0. The highest BCUT2D eigenvalue weighted by molar-refractivity contribution is 7.91. The van der Waals surface area contributed by atoms with E-state index >= 15 is 0 Å². The Morgan fingerprint density at radius 2 is 2.00 bits per heavy atom. The summed E-state index contributed by atoms with van der Waals surface area (Å²) in [5.41, 5.74) is 0.870.